The number of fused-ring (bicyclic) bond motifs is 1. The number of benzene rings is 1. The monoisotopic (exact) mass is 295 g/mol. The van der Waals surface area contributed by atoms with Crippen molar-refractivity contribution < 1.29 is 9.53 Å². The molecule has 1 N–H and O–H groups in total. The zero-order valence-corrected chi connectivity index (χ0v) is 12.6. The molecular formula is C16H22ClNO2. The molecule has 1 aliphatic heterocycles. The molecular weight excluding hydrogens is 274 g/mol. The zero-order valence-electron chi connectivity index (χ0n) is 11.7. The summed E-state index contributed by atoms with van der Waals surface area (Å²) in [6.45, 7) is 1.93. The summed E-state index contributed by atoms with van der Waals surface area (Å²) in [6, 6.07) is 10.3. The average Bonchev–Trinajstić information content (AvgIpc) is 3.00. The van der Waals surface area contributed by atoms with Crippen LogP contribution in [0.3, 0.4) is 0 Å². The Balaban J connectivity index is 0.00000147. The number of rotatable bonds is 3. The molecule has 4 unspecified atom stereocenters. The van der Waals surface area contributed by atoms with Gasteiger partial charge >= 0.3 is 5.97 Å². The van der Waals surface area contributed by atoms with Crippen molar-refractivity contribution in [1.82, 2.24) is 5.32 Å². The van der Waals surface area contributed by atoms with Gasteiger partial charge in [-0.2, -0.15) is 0 Å². The van der Waals surface area contributed by atoms with Gasteiger partial charge in [-0.25, -0.2) is 0 Å². The highest BCUT2D eigenvalue weighted by atomic mass is 35.5. The molecule has 110 valence electrons. The first-order chi connectivity index (χ1) is 9.24. The summed E-state index contributed by atoms with van der Waals surface area (Å²) in [7, 11) is 0. The molecule has 0 bridgehead atoms. The minimum atomic E-state index is -0.170. The maximum absolute atomic E-state index is 12.2. The molecule has 0 spiro atoms. The summed E-state index contributed by atoms with van der Waals surface area (Å²) in [5, 5.41) is 3.43. The number of halogens is 1. The van der Waals surface area contributed by atoms with E-state index in [1.165, 1.54) is 19.3 Å². The minimum Gasteiger partial charge on any atom is -0.457 e. The SMILES string of the molecule is CC(OC(=O)C1CC2CCCC2N1)c1ccccc1.Cl. The highest BCUT2D eigenvalue weighted by Gasteiger charge is 2.40. The van der Waals surface area contributed by atoms with Gasteiger partial charge in [0.25, 0.3) is 0 Å². The lowest BCUT2D eigenvalue weighted by atomic mass is 10.0. The Morgan fingerprint density at radius 3 is 2.75 bits per heavy atom. The van der Waals surface area contributed by atoms with E-state index >= 15 is 0 Å². The third-order valence-electron chi connectivity index (χ3n) is 4.46. The van der Waals surface area contributed by atoms with E-state index < -0.39 is 0 Å². The molecule has 1 aliphatic carbocycles. The summed E-state index contributed by atoms with van der Waals surface area (Å²) >= 11 is 0. The van der Waals surface area contributed by atoms with Gasteiger partial charge in [0.1, 0.15) is 12.1 Å². The van der Waals surface area contributed by atoms with Crippen LogP contribution in [-0.2, 0) is 9.53 Å². The Hall–Kier alpha value is -1.06. The van der Waals surface area contributed by atoms with E-state index in [1.54, 1.807) is 0 Å². The molecule has 1 aromatic rings. The fourth-order valence-corrected chi connectivity index (χ4v) is 3.38. The predicted octanol–water partition coefficient (Wildman–Crippen LogP) is 3.24. The van der Waals surface area contributed by atoms with Gasteiger partial charge in [0.2, 0.25) is 0 Å². The number of ether oxygens (including phenoxy) is 1. The highest BCUT2D eigenvalue weighted by molar-refractivity contribution is 5.85. The van der Waals surface area contributed by atoms with E-state index in [0.717, 1.165) is 12.0 Å². The molecule has 0 aromatic heterocycles. The number of esters is 1. The van der Waals surface area contributed by atoms with Crippen LogP contribution < -0.4 is 5.32 Å². The number of hydrogen-bond donors (Lipinski definition) is 1. The van der Waals surface area contributed by atoms with Crippen LogP contribution >= 0.6 is 12.4 Å². The summed E-state index contributed by atoms with van der Waals surface area (Å²) < 4.78 is 5.58. The quantitative estimate of drug-likeness (QED) is 0.870. The summed E-state index contributed by atoms with van der Waals surface area (Å²) in [6.07, 6.45) is 4.55. The van der Waals surface area contributed by atoms with Crippen molar-refractivity contribution in [3.8, 4) is 0 Å². The third-order valence-corrected chi connectivity index (χ3v) is 4.46. The predicted molar refractivity (Wildman–Crippen MR) is 80.9 cm³/mol. The standard InChI is InChI=1S/C16H21NO2.ClH/c1-11(12-6-3-2-4-7-12)19-16(18)15-10-13-8-5-9-14(13)17-15;/h2-4,6-7,11,13-15,17H,5,8-10H2,1H3;1H. The molecule has 0 radical (unpaired) electrons. The smallest absolute Gasteiger partial charge is 0.323 e. The number of carbonyl (C=O) groups excluding carboxylic acids is 1. The maximum Gasteiger partial charge on any atom is 0.323 e. The molecule has 20 heavy (non-hydrogen) atoms. The van der Waals surface area contributed by atoms with E-state index in [2.05, 4.69) is 5.32 Å². The largest absolute Gasteiger partial charge is 0.457 e. The summed E-state index contributed by atoms with van der Waals surface area (Å²) in [4.78, 5) is 12.2. The molecule has 4 heteroatoms. The lowest BCUT2D eigenvalue weighted by Gasteiger charge is -2.17. The van der Waals surface area contributed by atoms with E-state index in [0.29, 0.717) is 12.0 Å². The van der Waals surface area contributed by atoms with Gasteiger partial charge in [-0.1, -0.05) is 36.8 Å². The van der Waals surface area contributed by atoms with Crippen LogP contribution in [0.25, 0.3) is 0 Å². The molecule has 2 aliphatic rings. The molecule has 1 saturated carbocycles. The van der Waals surface area contributed by atoms with Gasteiger partial charge in [0, 0.05) is 6.04 Å². The zero-order chi connectivity index (χ0) is 13.2. The molecule has 1 aromatic carbocycles. The lowest BCUT2D eigenvalue weighted by Crippen LogP contribution is -2.36. The van der Waals surface area contributed by atoms with Crippen molar-refractivity contribution in [2.45, 2.75) is 50.8 Å². The Morgan fingerprint density at radius 1 is 1.30 bits per heavy atom. The van der Waals surface area contributed by atoms with Gasteiger partial charge < -0.3 is 10.1 Å². The van der Waals surface area contributed by atoms with Gasteiger partial charge in [-0.05, 0) is 37.7 Å². The van der Waals surface area contributed by atoms with E-state index in [9.17, 15) is 4.79 Å². The Kier molecular flexibility index (Phi) is 5.06. The van der Waals surface area contributed by atoms with Crippen molar-refractivity contribution >= 4 is 18.4 Å². The first-order valence-corrected chi connectivity index (χ1v) is 7.25. The van der Waals surface area contributed by atoms with Gasteiger partial charge in [-0.3, -0.25) is 4.79 Å². The molecule has 3 nitrogen and oxygen atoms in total. The second-order valence-electron chi connectivity index (χ2n) is 5.74. The van der Waals surface area contributed by atoms with Crippen molar-refractivity contribution in [1.29, 1.82) is 0 Å². The minimum absolute atomic E-state index is 0. The van der Waals surface area contributed by atoms with E-state index in [-0.39, 0.29) is 30.5 Å². The van der Waals surface area contributed by atoms with Gasteiger partial charge in [0.15, 0.2) is 0 Å². The second kappa shape index (κ2) is 6.59. The Morgan fingerprint density at radius 2 is 2.05 bits per heavy atom. The lowest BCUT2D eigenvalue weighted by molar-refractivity contribution is -0.150. The third kappa shape index (κ3) is 3.15. The number of carbonyl (C=O) groups is 1. The van der Waals surface area contributed by atoms with Crippen LogP contribution in [0.2, 0.25) is 0 Å². The molecule has 0 amide bonds. The molecule has 1 heterocycles. The van der Waals surface area contributed by atoms with Crippen LogP contribution in [-0.4, -0.2) is 18.1 Å². The maximum atomic E-state index is 12.2. The fraction of sp³-hybridized carbons (Fsp3) is 0.562. The van der Waals surface area contributed by atoms with Crippen molar-refractivity contribution in [2.24, 2.45) is 5.92 Å². The molecule has 3 rings (SSSR count). The van der Waals surface area contributed by atoms with Gasteiger partial charge in [0.05, 0.1) is 0 Å². The van der Waals surface area contributed by atoms with Gasteiger partial charge in [-0.15, -0.1) is 12.4 Å². The summed E-state index contributed by atoms with van der Waals surface area (Å²) in [5.41, 5.74) is 1.05. The number of hydrogen-bond acceptors (Lipinski definition) is 3. The van der Waals surface area contributed by atoms with Crippen LogP contribution in [0.5, 0.6) is 0 Å². The molecule has 4 atom stereocenters. The molecule has 1 saturated heterocycles. The van der Waals surface area contributed by atoms with E-state index in [1.807, 2.05) is 37.3 Å². The fourth-order valence-electron chi connectivity index (χ4n) is 3.38. The van der Waals surface area contributed by atoms with Crippen LogP contribution in [0.15, 0.2) is 30.3 Å². The summed E-state index contributed by atoms with van der Waals surface area (Å²) in [5.74, 6) is 0.593. The van der Waals surface area contributed by atoms with Crippen LogP contribution in [0, 0.1) is 5.92 Å². The van der Waals surface area contributed by atoms with E-state index in [4.69, 9.17) is 4.74 Å². The normalized spacial score (nSPS) is 29.4. The van der Waals surface area contributed by atoms with Crippen molar-refractivity contribution in [3.63, 3.8) is 0 Å². The number of nitrogens with one attached hydrogen (secondary N) is 1. The highest BCUT2D eigenvalue weighted by Crippen LogP contribution is 2.35. The average molecular weight is 296 g/mol. The van der Waals surface area contributed by atoms with Crippen molar-refractivity contribution in [2.75, 3.05) is 0 Å². The van der Waals surface area contributed by atoms with Crippen LogP contribution in [0.4, 0.5) is 0 Å². The first kappa shape index (κ1) is 15.3. The molecule has 2 fully saturated rings. The Labute approximate surface area is 126 Å². The second-order valence-corrected chi connectivity index (χ2v) is 5.74. The topological polar surface area (TPSA) is 38.3 Å². The first-order valence-electron chi connectivity index (χ1n) is 7.25. The van der Waals surface area contributed by atoms with Crippen molar-refractivity contribution in [3.05, 3.63) is 35.9 Å². The van der Waals surface area contributed by atoms with Crippen LogP contribution in [0.1, 0.15) is 44.3 Å². The Bertz CT molecular complexity index is 439.